The van der Waals surface area contributed by atoms with E-state index in [1.807, 2.05) is 12.3 Å². The molecule has 1 aliphatic rings. The highest BCUT2D eigenvalue weighted by Gasteiger charge is 2.18. The summed E-state index contributed by atoms with van der Waals surface area (Å²) >= 11 is 7.84. The van der Waals surface area contributed by atoms with E-state index < -0.39 is 0 Å². The predicted octanol–water partition coefficient (Wildman–Crippen LogP) is 3.44. The number of hydrogen-bond acceptors (Lipinski definition) is 4. The molecule has 0 amide bonds. The molecule has 0 aliphatic heterocycles. The highest BCUT2D eigenvalue weighted by molar-refractivity contribution is 7.09. The minimum absolute atomic E-state index is 0.607. The summed E-state index contributed by atoms with van der Waals surface area (Å²) in [6.45, 7) is 1.98. The number of rotatable bonds is 1. The first kappa shape index (κ1) is 11.1. The number of nitrogens with zero attached hydrogens (tertiary/aromatic N) is 3. The van der Waals surface area contributed by atoms with E-state index >= 15 is 0 Å². The standard InChI is InChI=1S/C12H12ClN3S/c1-7-14-10(6-17-7)12-15-9-5-3-2-4-8(9)11(13)16-12/h6H,2-5H2,1H3. The maximum absolute atomic E-state index is 6.23. The van der Waals surface area contributed by atoms with Crippen LogP contribution >= 0.6 is 22.9 Å². The van der Waals surface area contributed by atoms with Crippen LogP contribution in [0.4, 0.5) is 0 Å². The average Bonchev–Trinajstić information content (AvgIpc) is 2.76. The largest absolute Gasteiger partial charge is 0.238 e. The van der Waals surface area contributed by atoms with E-state index in [4.69, 9.17) is 11.6 Å². The van der Waals surface area contributed by atoms with Crippen LogP contribution in [0.1, 0.15) is 29.1 Å². The third-order valence-corrected chi connectivity index (χ3v) is 4.07. The molecule has 2 heterocycles. The van der Waals surface area contributed by atoms with Gasteiger partial charge in [-0.05, 0) is 32.6 Å². The molecule has 0 saturated heterocycles. The van der Waals surface area contributed by atoms with Gasteiger partial charge in [0.25, 0.3) is 0 Å². The van der Waals surface area contributed by atoms with Crippen LogP contribution in [-0.4, -0.2) is 15.0 Å². The van der Waals surface area contributed by atoms with Gasteiger partial charge in [0, 0.05) is 16.6 Å². The molecule has 17 heavy (non-hydrogen) atoms. The molecule has 88 valence electrons. The molecule has 0 unspecified atom stereocenters. The Labute approximate surface area is 109 Å². The van der Waals surface area contributed by atoms with Crippen molar-refractivity contribution < 1.29 is 0 Å². The first-order valence-corrected chi connectivity index (χ1v) is 6.97. The van der Waals surface area contributed by atoms with Crippen LogP contribution in [-0.2, 0) is 12.8 Å². The molecule has 5 heteroatoms. The lowest BCUT2D eigenvalue weighted by atomic mass is 9.97. The monoisotopic (exact) mass is 265 g/mol. The lowest BCUT2D eigenvalue weighted by molar-refractivity contribution is 0.663. The lowest BCUT2D eigenvalue weighted by Crippen LogP contribution is -2.08. The normalized spacial score (nSPS) is 14.7. The van der Waals surface area contributed by atoms with Gasteiger partial charge in [0.1, 0.15) is 10.8 Å². The van der Waals surface area contributed by atoms with E-state index in [2.05, 4.69) is 15.0 Å². The van der Waals surface area contributed by atoms with Crippen LogP contribution in [0.2, 0.25) is 5.15 Å². The summed E-state index contributed by atoms with van der Waals surface area (Å²) in [7, 11) is 0. The van der Waals surface area contributed by atoms with Gasteiger partial charge < -0.3 is 0 Å². The molecule has 0 aromatic carbocycles. The highest BCUT2D eigenvalue weighted by Crippen LogP contribution is 2.28. The zero-order valence-corrected chi connectivity index (χ0v) is 11.1. The molecule has 0 saturated carbocycles. The van der Waals surface area contributed by atoms with Gasteiger partial charge in [-0.2, -0.15) is 0 Å². The molecule has 0 radical (unpaired) electrons. The van der Waals surface area contributed by atoms with Crippen LogP contribution in [0, 0.1) is 6.92 Å². The number of aromatic nitrogens is 3. The molecule has 0 atom stereocenters. The first-order chi connectivity index (χ1) is 8.24. The van der Waals surface area contributed by atoms with Crippen LogP contribution < -0.4 is 0 Å². The molecule has 2 aromatic heterocycles. The summed E-state index contributed by atoms with van der Waals surface area (Å²) in [5, 5.41) is 3.61. The second-order valence-electron chi connectivity index (χ2n) is 4.22. The Morgan fingerprint density at radius 3 is 2.76 bits per heavy atom. The van der Waals surface area contributed by atoms with Gasteiger partial charge in [0.15, 0.2) is 5.82 Å². The smallest absolute Gasteiger partial charge is 0.180 e. The quantitative estimate of drug-likeness (QED) is 0.742. The molecule has 2 aromatic rings. The van der Waals surface area contributed by atoms with E-state index in [1.54, 1.807) is 11.3 Å². The summed E-state index contributed by atoms with van der Waals surface area (Å²) in [6, 6.07) is 0. The Bertz CT molecular complexity index is 565. The molecule has 0 fully saturated rings. The fourth-order valence-corrected chi connectivity index (χ4v) is 3.00. The highest BCUT2D eigenvalue weighted by atomic mass is 35.5. The van der Waals surface area contributed by atoms with Crippen molar-refractivity contribution in [2.45, 2.75) is 32.6 Å². The third kappa shape index (κ3) is 2.07. The summed E-state index contributed by atoms with van der Waals surface area (Å²) in [5.74, 6) is 0.667. The molecular weight excluding hydrogens is 254 g/mol. The Hall–Kier alpha value is -1.00. The first-order valence-electron chi connectivity index (χ1n) is 5.72. The van der Waals surface area contributed by atoms with Gasteiger partial charge in [-0.1, -0.05) is 11.6 Å². The van der Waals surface area contributed by atoms with Crippen molar-refractivity contribution in [3.05, 3.63) is 26.8 Å². The average molecular weight is 266 g/mol. The van der Waals surface area contributed by atoms with Crippen LogP contribution in [0.25, 0.3) is 11.5 Å². The van der Waals surface area contributed by atoms with E-state index in [9.17, 15) is 0 Å². The lowest BCUT2D eigenvalue weighted by Gasteiger charge is -2.15. The zero-order chi connectivity index (χ0) is 11.8. The van der Waals surface area contributed by atoms with E-state index in [1.165, 1.54) is 12.8 Å². The zero-order valence-electron chi connectivity index (χ0n) is 9.53. The molecule has 3 nitrogen and oxygen atoms in total. The van der Waals surface area contributed by atoms with Crippen molar-refractivity contribution in [2.75, 3.05) is 0 Å². The SMILES string of the molecule is Cc1nc(-c2nc(Cl)c3c(n2)CCCC3)cs1. The topological polar surface area (TPSA) is 38.7 Å². The number of aryl methyl sites for hydroxylation is 2. The van der Waals surface area contributed by atoms with Crippen molar-refractivity contribution in [2.24, 2.45) is 0 Å². The van der Waals surface area contributed by atoms with Crippen LogP contribution in [0.3, 0.4) is 0 Å². The fraction of sp³-hybridized carbons (Fsp3) is 0.417. The van der Waals surface area contributed by atoms with E-state index in [0.717, 1.165) is 34.8 Å². The second-order valence-corrected chi connectivity index (χ2v) is 5.64. The summed E-state index contributed by atoms with van der Waals surface area (Å²) < 4.78 is 0. The number of hydrogen-bond donors (Lipinski definition) is 0. The summed E-state index contributed by atoms with van der Waals surface area (Å²) in [5.41, 5.74) is 3.08. The Balaban J connectivity index is 2.10. The van der Waals surface area contributed by atoms with E-state index in [-0.39, 0.29) is 0 Å². The third-order valence-electron chi connectivity index (χ3n) is 2.98. The molecule has 3 rings (SSSR count). The Kier molecular flexibility index (Phi) is 2.84. The van der Waals surface area contributed by atoms with Gasteiger partial charge in [0.05, 0.1) is 5.01 Å². The van der Waals surface area contributed by atoms with Gasteiger partial charge >= 0.3 is 0 Å². The number of thiazole rings is 1. The molecule has 0 spiro atoms. The van der Waals surface area contributed by atoms with Crippen molar-refractivity contribution in [1.82, 2.24) is 15.0 Å². The minimum atomic E-state index is 0.607. The van der Waals surface area contributed by atoms with Crippen LogP contribution in [0.15, 0.2) is 5.38 Å². The molecule has 0 bridgehead atoms. The summed E-state index contributed by atoms with van der Waals surface area (Å²) in [6.07, 6.45) is 4.39. The van der Waals surface area contributed by atoms with Gasteiger partial charge in [-0.15, -0.1) is 11.3 Å². The maximum Gasteiger partial charge on any atom is 0.180 e. The minimum Gasteiger partial charge on any atom is -0.238 e. The Morgan fingerprint density at radius 2 is 2.00 bits per heavy atom. The summed E-state index contributed by atoms with van der Waals surface area (Å²) in [4.78, 5) is 13.4. The molecule has 1 aliphatic carbocycles. The van der Waals surface area contributed by atoms with Gasteiger partial charge in [-0.25, -0.2) is 15.0 Å². The predicted molar refractivity (Wildman–Crippen MR) is 69.5 cm³/mol. The number of halogens is 1. The second kappa shape index (κ2) is 4.35. The van der Waals surface area contributed by atoms with Crippen molar-refractivity contribution in [1.29, 1.82) is 0 Å². The maximum atomic E-state index is 6.23. The van der Waals surface area contributed by atoms with Gasteiger partial charge in [-0.3, -0.25) is 0 Å². The van der Waals surface area contributed by atoms with Crippen LogP contribution in [0.5, 0.6) is 0 Å². The van der Waals surface area contributed by atoms with Gasteiger partial charge in [0.2, 0.25) is 0 Å². The van der Waals surface area contributed by atoms with Crippen molar-refractivity contribution in [3.8, 4) is 11.5 Å². The molecular formula is C12H12ClN3S. The van der Waals surface area contributed by atoms with Crippen molar-refractivity contribution in [3.63, 3.8) is 0 Å². The van der Waals surface area contributed by atoms with Crippen molar-refractivity contribution >= 4 is 22.9 Å². The fourth-order valence-electron chi connectivity index (χ4n) is 2.13. The Morgan fingerprint density at radius 1 is 1.18 bits per heavy atom. The molecule has 0 N–H and O–H groups in total. The van der Waals surface area contributed by atoms with E-state index in [0.29, 0.717) is 11.0 Å². The number of fused-ring (bicyclic) bond motifs is 1.